The van der Waals surface area contributed by atoms with Crippen LogP contribution >= 0.6 is 0 Å². The molecule has 2 unspecified atom stereocenters. The van der Waals surface area contributed by atoms with Crippen LogP contribution in [-0.2, 0) is 0 Å². The second-order valence-corrected chi connectivity index (χ2v) is 7.93. The Labute approximate surface area is 165 Å². The predicted octanol–water partition coefficient (Wildman–Crippen LogP) is 6.25. The van der Waals surface area contributed by atoms with Crippen LogP contribution < -0.4 is 0 Å². The summed E-state index contributed by atoms with van der Waals surface area (Å²) in [6, 6.07) is 17.3. The summed E-state index contributed by atoms with van der Waals surface area (Å²) in [4.78, 5) is 0. The molecule has 2 saturated carbocycles. The van der Waals surface area contributed by atoms with Crippen LogP contribution in [0.5, 0.6) is 17.2 Å². The zero-order valence-corrected chi connectivity index (χ0v) is 16.1. The van der Waals surface area contributed by atoms with Crippen molar-refractivity contribution in [1.82, 2.24) is 0 Å². The lowest BCUT2D eigenvalue weighted by atomic mass is 9.93. The van der Waals surface area contributed by atoms with Crippen LogP contribution in [0.1, 0.15) is 31.2 Å². The van der Waals surface area contributed by atoms with Gasteiger partial charge in [-0.1, -0.05) is 55.7 Å². The zero-order valence-electron chi connectivity index (χ0n) is 16.1. The number of phenolic OH excluding ortho intramolecular Hbond substituents is 3. The van der Waals surface area contributed by atoms with Crippen molar-refractivity contribution in [2.24, 2.45) is 11.8 Å². The van der Waals surface area contributed by atoms with Gasteiger partial charge in [0, 0.05) is 11.1 Å². The molecule has 0 saturated heterocycles. The number of phenols is 3. The Morgan fingerprint density at radius 1 is 0.679 bits per heavy atom. The molecule has 0 aromatic heterocycles. The average Bonchev–Trinajstić information content (AvgIpc) is 3.30. The fraction of sp³-hybridized carbons (Fsp3) is 0.280. The highest BCUT2D eigenvalue weighted by molar-refractivity contribution is 5.84. The second kappa shape index (κ2) is 7.59. The lowest BCUT2D eigenvalue weighted by Gasteiger charge is -2.13. The largest absolute Gasteiger partial charge is 0.508 e. The molecule has 3 aromatic carbocycles. The van der Waals surface area contributed by atoms with Crippen LogP contribution in [0.2, 0.25) is 0 Å². The van der Waals surface area contributed by atoms with E-state index in [-0.39, 0.29) is 17.2 Å². The van der Waals surface area contributed by atoms with Crippen LogP contribution in [-0.4, -0.2) is 15.3 Å². The molecule has 28 heavy (non-hydrogen) atoms. The van der Waals surface area contributed by atoms with Gasteiger partial charge in [0.15, 0.2) is 0 Å². The highest BCUT2D eigenvalue weighted by Crippen LogP contribution is 2.51. The highest BCUT2D eigenvalue weighted by Gasteiger charge is 2.40. The minimum atomic E-state index is 0.189. The first-order chi connectivity index (χ1) is 13.5. The van der Waals surface area contributed by atoms with Crippen molar-refractivity contribution in [1.29, 1.82) is 0 Å². The third-order valence-corrected chi connectivity index (χ3v) is 5.94. The molecule has 2 atom stereocenters. The van der Waals surface area contributed by atoms with Gasteiger partial charge in [-0.3, -0.25) is 0 Å². The fourth-order valence-electron chi connectivity index (χ4n) is 4.22. The van der Waals surface area contributed by atoms with Crippen LogP contribution in [0, 0.1) is 18.8 Å². The minimum Gasteiger partial charge on any atom is -0.508 e. The van der Waals surface area contributed by atoms with Gasteiger partial charge in [-0.05, 0) is 66.1 Å². The quantitative estimate of drug-likeness (QED) is 0.497. The summed E-state index contributed by atoms with van der Waals surface area (Å²) in [5.74, 6) is 3.00. The van der Waals surface area contributed by atoms with Crippen LogP contribution in [0.3, 0.4) is 0 Å². The van der Waals surface area contributed by atoms with E-state index in [1.165, 1.54) is 18.3 Å². The van der Waals surface area contributed by atoms with Gasteiger partial charge in [-0.15, -0.1) is 0 Å². The molecule has 3 N–H and O–H groups in total. The topological polar surface area (TPSA) is 60.7 Å². The van der Waals surface area contributed by atoms with E-state index in [2.05, 4.69) is 0 Å². The monoisotopic (exact) mass is 374 g/mol. The molecule has 3 aromatic rings. The lowest BCUT2D eigenvalue weighted by Crippen LogP contribution is -1.88. The van der Waals surface area contributed by atoms with Crippen molar-refractivity contribution >= 4 is 0 Å². The maximum Gasteiger partial charge on any atom is 0.131 e. The Kier molecular flexibility index (Phi) is 4.99. The Morgan fingerprint density at radius 3 is 1.68 bits per heavy atom. The van der Waals surface area contributed by atoms with E-state index in [0.29, 0.717) is 5.56 Å². The van der Waals surface area contributed by atoms with E-state index in [0.717, 1.165) is 22.3 Å². The SMILES string of the molecule is C1CC2CC2C1.Cc1ccc(-c2ccc(O)cc2)c(O)c1-c1ccc(O)cc1. The van der Waals surface area contributed by atoms with Gasteiger partial charge in [-0.2, -0.15) is 0 Å². The maximum atomic E-state index is 10.7. The van der Waals surface area contributed by atoms with E-state index < -0.39 is 0 Å². The summed E-state index contributed by atoms with van der Waals surface area (Å²) >= 11 is 0. The molecule has 144 valence electrons. The fourth-order valence-corrected chi connectivity index (χ4v) is 4.22. The molecular formula is C25H26O3. The number of rotatable bonds is 2. The Hall–Kier alpha value is -2.94. The molecular weight excluding hydrogens is 348 g/mol. The van der Waals surface area contributed by atoms with Crippen molar-refractivity contribution in [2.75, 3.05) is 0 Å². The number of hydrogen-bond acceptors (Lipinski definition) is 3. The molecule has 0 spiro atoms. The maximum absolute atomic E-state index is 10.7. The second-order valence-electron chi connectivity index (χ2n) is 7.93. The molecule has 0 aliphatic heterocycles. The molecule has 0 heterocycles. The van der Waals surface area contributed by atoms with Gasteiger partial charge < -0.3 is 15.3 Å². The predicted molar refractivity (Wildman–Crippen MR) is 112 cm³/mol. The van der Waals surface area contributed by atoms with Crippen molar-refractivity contribution < 1.29 is 15.3 Å². The number of fused-ring (bicyclic) bond motifs is 1. The lowest BCUT2D eigenvalue weighted by molar-refractivity contribution is 0.474. The molecule has 2 aliphatic carbocycles. The summed E-state index contributed by atoms with van der Waals surface area (Å²) in [5.41, 5.74) is 4.06. The summed E-state index contributed by atoms with van der Waals surface area (Å²) in [6.07, 6.45) is 6.24. The standard InChI is InChI=1S/C19H16O3.C6H10/c1-12-2-11-17(13-3-7-15(20)8-4-13)19(22)18(12)14-5-9-16(21)10-6-14;1-2-5-4-6(5)3-1/h2-11,20-22H,1H3;5-6H,1-4H2. The van der Waals surface area contributed by atoms with Crippen LogP contribution in [0.15, 0.2) is 60.7 Å². The van der Waals surface area contributed by atoms with Gasteiger partial charge in [0.05, 0.1) is 0 Å². The first kappa shape index (κ1) is 18.4. The summed E-state index contributed by atoms with van der Waals surface area (Å²) in [5, 5.41) is 29.5. The van der Waals surface area contributed by atoms with Gasteiger partial charge >= 0.3 is 0 Å². The Balaban J connectivity index is 0.000000268. The van der Waals surface area contributed by atoms with E-state index >= 15 is 0 Å². The van der Waals surface area contributed by atoms with Crippen molar-refractivity contribution in [3.05, 3.63) is 66.2 Å². The van der Waals surface area contributed by atoms with E-state index in [4.69, 9.17) is 0 Å². The van der Waals surface area contributed by atoms with E-state index in [1.807, 2.05) is 19.1 Å². The first-order valence-electron chi connectivity index (χ1n) is 9.94. The molecule has 3 nitrogen and oxygen atoms in total. The first-order valence-corrected chi connectivity index (χ1v) is 9.94. The van der Waals surface area contributed by atoms with E-state index in [9.17, 15) is 15.3 Å². The summed E-state index contributed by atoms with van der Waals surface area (Å²) in [6.45, 7) is 1.93. The minimum absolute atomic E-state index is 0.189. The Bertz CT molecular complexity index is 950. The molecule has 2 fully saturated rings. The van der Waals surface area contributed by atoms with Crippen molar-refractivity contribution in [2.45, 2.75) is 32.6 Å². The van der Waals surface area contributed by atoms with Crippen LogP contribution in [0.25, 0.3) is 22.3 Å². The zero-order chi connectivity index (χ0) is 19.7. The van der Waals surface area contributed by atoms with Crippen LogP contribution in [0.4, 0.5) is 0 Å². The highest BCUT2D eigenvalue weighted by atomic mass is 16.3. The third-order valence-electron chi connectivity index (χ3n) is 5.94. The van der Waals surface area contributed by atoms with Gasteiger partial charge in [0.25, 0.3) is 0 Å². The third kappa shape index (κ3) is 3.84. The number of aryl methyl sites for hydroxylation is 1. The smallest absolute Gasteiger partial charge is 0.131 e. The van der Waals surface area contributed by atoms with Crippen molar-refractivity contribution in [3.63, 3.8) is 0 Å². The van der Waals surface area contributed by atoms with Gasteiger partial charge in [-0.25, -0.2) is 0 Å². The molecule has 0 bridgehead atoms. The summed E-state index contributed by atoms with van der Waals surface area (Å²) < 4.78 is 0. The number of aromatic hydroxyl groups is 3. The number of benzene rings is 3. The van der Waals surface area contributed by atoms with Gasteiger partial charge in [0.2, 0.25) is 0 Å². The number of hydrogen-bond donors (Lipinski definition) is 3. The normalized spacial score (nSPS) is 19.5. The molecule has 2 aliphatic rings. The summed E-state index contributed by atoms with van der Waals surface area (Å²) in [7, 11) is 0. The molecule has 3 heteroatoms. The average molecular weight is 374 g/mol. The molecule has 5 rings (SSSR count). The van der Waals surface area contributed by atoms with E-state index in [1.54, 1.807) is 67.8 Å². The molecule has 0 amide bonds. The van der Waals surface area contributed by atoms with Crippen molar-refractivity contribution in [3.8, 4) is 39.5 Å². The Morgan fingerprint density at radius 2 is 1.21 bits per heavy atom. The molecule has 0 radical (unpaired) electrons. The van der Waals surface area contributed by atoms with Gasteiger partial charge in [0.1, 0.15) is 17.2 Å².